The predicted molar refractivity (Wildman–Crippen MR) is 79.3 cm³/mol. The molecule has 0 aliphatic rings. The Bertz CT molecular complexity index is 737. The number of halogens is 2. The number of hydrogen-bond donors (Lipinski definition) is 3. The van der Waals surface area contributed by atoms with E-state index in [4.69, 9.17) is 29.0 Å². The third kappa shape index (κ3) is 3.13. The summed E-state index contributed by atoms with van der Waals surface area (Å²) in [5.74, 6) is 5.28. The van der Waals surface area contributed by atoms with Crippen LogP contribution in [0.2, 0.25) is 10.0 Å². The van der Waals surface area contributed by atoms with Gasteiger partial charge in [-0.2, -0.15) is 0 Å². The number of nitrogens with one attached hydrogen (secondary N) is 2. The van der Waals surface area contributed by atoms with E-state index < -0.39 is 10.0 Å². The third-order valence-corrected chi connectivity index (χ3v) is 4.55. The maximum atomic E-state index is 12.3. The maximum absolute atomic E-state index is 12.3. The summed E-state index contributed by atoms with van der Waals surface area (Å²) in [6.07, 6.45) is 2.61. The van der Waals surface area contributed by atoms with Crippen LogP contribution in [0.5, 0.6) is 0 Å². The number of benzene rings is 1. The minimum Gasteiger partial charge on any atom is -0.323 e. The molecule has 106 valence electrons. The fourth-order valence-electron chi connectivity index (χ4n) is 1.48. The molecule has 6 nitrogen and oxygen atoms in total. The van der Waals surface area contributed by atoms with Gasteiger partial charge in [0.15, 0.2) is 0 Å². The highest BCUT2D eigenvalue weighted by atomic mass is 35.5. The van der Waals surface area contributed by atoms with Crippen LogP contribution in [-0.4, -0.2) is 13.4 Å². The molecule has 1 heterocycles. The van der Waals surface area contributed by atoms with Gasteiger partial charge in [0, 0.05) is 12.4 Å². The average molecular weight is 333 g/mol. The number of sulfonamides is 1. The Kier molecular flexibility index (Phi) is 4.34. The highest BCUT2D eigenvalue weighted by molar-refractivity contribution is 7.92. The molecule has 1 aromatic carbocycles. The standard InChI is InChI=1S/C11H10Cl2N4O2S/c12-8-2-1-7(5-9(8)13)17-20(18,19)11-6-15-4-3-10(11)16-14/h1-6,17H,14H2,(H,15,16). The van der Waals surface area contributed by atoms with Crippen molar-refractivity contribution in [2.45, 2.75) is 4.90 Å². The number of rotatable bonds is 4. The zero-order valence-electron chi connectivity index (χ0n) is 9.97. The van der Waals surface area contributed by atoms with Crippen LogP contribution in [0.15, 0.2) is 41.6 Å². The summed E-state index contributed by atoms with van der Waals surface area (Å²) in [7, 11) is -3.84. The van der Waals surface area contributed by atoms with Crippen molar-refractivity contribution in [2.75, 3.05) is 10.1 Å². The molecular formula is C11H10Cl2N4O2S. The van der Waals surface area contributed by atoms with Crippen molar-refractivity contribution in [3.63, 3.8) is 0 Å². The molecule has 2 aromatic rings. The number of aromatic nitrogens is 1. The van der Waals surface area contributed by atoms with Gasteiger partial charge in [0.2, 0.25) is 0 Å². The molecular weight excluding hydrogens is 323 g/mol. The number of pyridine rings is 1. The van der Waals surface area contributed by atoms with Crippen molar-refractivity contribution in [3.8, 4) is 0 Å². The van der Waals surface area contributed by atoms with E-state index in [1.807, 2.05) is 0 Å². The van der Waals surface area contributed by atoms with Crippen molar-refractivity contribution in [2.24, 2.45) is 5.84 Å². The molecule has 1 aromatic heterocycles. The summed E-state index contributed by atoms with van der Waals surface area (Å²) < 4.78 is 26.9. The lowest BCUT2D eigenvalue weighted by Gasteiger charge is -2.11. The van der Waals surface area contributed by atoms with Gasteiger partial charge in [-0.3, -0.25) is 15.5 Å². The molecule has 0 aliphatic heterocycles. The van der Waals surface area contributed by atoms with Crippen LogP contribution >= 0.6 is 23.2 Å². The zero-order chi connectivity index (χ0) is 14.8. The van der Waals surface area contributed by atoms with Crippen LogP contribution in [0.4, 0.5) is 11.4 Å². The molecule has 0 aliphatic carbocycles. The number of nitrogens with two attached hydrogens (primary N) is 1. The fraction of sp³-hybridized carbons (Fsp3) is 0. The van der Waals surface area contributed by atoms with Crippen LogP contribution in [-0.2, 0) is 10.0 Å². The van der Waals surface area contributed by atoms with Crippen molar-refractivity contribution < 1.29 is 8.42 Å². The van der Waals surface area contributed by atoms with Gasteiger partial charge in [-0.1, -0.05) is 23.2 Å². The predicted octanol–water partition coefficient (Wildman–Crippen LogP) is 2.47. The lowest BCUT2D eigenvalue weighted by atomic mass is 10.3. The zero-order valence-corrected chi connectivity index (χ0v) is 12.3. The Hall–Kier alpha value is -1.54. The van der Waals surface area contributed by atoms with E-state index in [2.05, 4.69) is 15.1 Å². The number of hydrogen-bond acceptors (Lipinski definition) is 5. The summed E-state index contributed by atoms with van der Waals surface area (Å²) in [5.41, 5.74) is 2.81. The van der Waals surface area contributed by atoms with Gasteiger partial charge in [0.25, 0.3) is 10.0 Å². The van der Waals surface area contributed by atoms with Crippen molar-refractivity contribution >= 4 is 44.6 Å². The summed E-state index contributed by atoms with van der Waals surface area (Å²) in [6, 6.07) is 5.85. The van der Waals surface area contributed by atoms with Gasteiger partial charge in [0.05, 0.1) is 21.4 Å². The highest BCUT2D eigenvalue weighted by Crippen LogP contribution is 2.27. The second-order valence-corrected chi connectivity index (χ2v) is 6.22. The molecule has 4 N–H and O–H groups in total. The first-order chi connectivity index (χ1) is 9.44. The average Bonchev–Trinajstić information content (AvgIpc) is 2.42. The van der Waals surface area contributed by atoms with Gasteiger partial charge in [-0.25, -0.2) is 8.42 Å². The molecule has 2 rings (SSSR count). The lowest BCUT2D eigenvalue weighted by molar-refractivity contribution is 0.601. The molecule has 0 unspecified atom stereocenters. The van der Waals surface area contributed by atoms with Gasteiger partial charge >= 0.3 is 0 Å². The normalized spacial score (nSPS) is 11.2. The Morgan fingerprint density at radius 2 is 1.90 bits per heavy atom. The lowest BCUT2D eigenvalue weighted by Crippen LogP contribution is -2.17. The summed E-state index contributed by atoms with van der Waals surface area (Å²) in [6.45, 7) is 0. The molecule has 0 spiro atoms. The van der Waals surface area contributed by atoms with E-state index in [0.29, 0.717) is 5.02 Å². The number of nitrogens with zero attached hydrogens (tertiary/aromatic N) is 1. The van der Waals surface area contributed by atoms with Crippen molar-refractivity contribution in [1.29, 1.82) is 0 Å². The van der Waals surface area contributed by atoms with E-state index in [9.17, 15) is 8.42 Å². The van der Waals surface area contributed by atoms with Crippen LogP contribution in [0.1, 0.15) is 0 Å². The SMILES string of the molecule is NNc1ccncc1S(=O)(=O)Nc1ccc(Cl)c(Cl)c1. The molecule has 0 bridgehead atoms. The van der Waals surface area contributed by atoms with Crippen molar-refractivity contribution in [1.82, 2.24) is 4.98 Å². The van der Waals surface area contributed by atoms with Gasteiger partial charge in [-0.05, 0) is 24.3 Å². The smallest absolute Gasteiger partial charge is 0.265 e. The van der Waals surface area contributed by atoms with Crippen LogP contribution in [0.25, 0.3) is 0 Å². The third-order valence-electron chi connectivity index (χ3n) is 2.40. The Morgan fingerprint density at radius 3 is 2.55 bits per heavy atom. The van der Waals surface area contributed by atoms with Gasteiger partial charge < -0.3 is 5.43 Å². The second kappa shape index (κ2) is 5.84. The van der Waals surface area contributed by atoms with E-state index in [0.717, 1.165) is 0 Å². The Morgan fingerprint density at radius 1 is 1.15 bits per heavy atom. The summed E-state index contributed by atoms with van der Waals surface area (Å²) >= 11 is 11.6. The quantitative estimate of drug-likeness (QED) is 0.590. The largest absolute Gasteiger partial charge is 0.323 e. The highest BCUT2D eigenvalue weighted by Gasteiger charge is 2.19. The molecule has 0 atom stereocenters. The molecule has 0 radical (unpaired) electrons. The monoisotopic (exact) mass is 332 g/mol. The summed E-state index contributed by atoms with van der Waals surface area (Å²) in [5, 5.41) is 0.579. The van der Waals surface area contributed by atoms with E-state index in [-0.39, 0.29) is 21.3 Å². The second-order valence-electron chi connectivity index (χ2n) is 3.75. The van der Waals surface area contributed by atoms with Gasteiger partial charge in [0.1, 0.15) is 4.90 Å². The number of anilines is 2. The van der Waals surface area contributed by atoms with Crippen molar-refractivity contribution in [3.05, 3.63) is 46.7 Å². The first kappa shape index (κ1) is 14.9. The Balaban J connectivity index is 2.38. The molecule has 0 saturated heterocycles. The Labute approximate surface area is 125 Å². The van der Waals surface area contributed by atoms with Crippen LogP contribution in [0.3, 0.4) is 0 Å². The van der Waals surface area contributed by atoms with E-state index in [1.165, 1.54) is 36.7 Å². The first-order valence-corrected chi connectivity index (χ1v) is 7.56. The molecule has 0 fully saturated rings. The molecule has 20 heavy (non-hydrogen) atoms. The minimum absolute atomic E-state index is 0.0754. The van der Waals surface area contributed by atoms with Crippen LogP contribution < -0.4 is 16.0 Å². The summed E-state index contributed by atoms with van der Waals surface area (Å²) in [4.78, 5) is 3.70. The number of hydrazine groups is 1. The van der Waals surface area contributed by atoms with Gasteiger partial charge in [-0.15, -0.1) is 0 Å². The number of nitrogen functional groups attached to an aromatic ring is 1. The molecule has 0 amide bonds. The van der Waals surface area contributed by atoms with Crippen LogP contribution in [0, 0.1) is 0 Å². The van der Waals surface area contributed by atoms with E-state index in [1.54, 1.807) is 0 Å². The molecule has 9 heteroatoms. The maximum Gasteiger partial charge on any atom is 0.265 e. The molecule has 0 saturated carbocycles. The topological polar surface area (TPSA) is 97.1 Å². The van der Waals surface area contributed by atoms with E-state index >= 15 is 0 Å². The fourth-order valence-corrected chi connectivity index (χ4v) is 2.94. The minimum atomic E-state index is -3.84. The first-order valence-electron chi connectivity index (χ1n) is 5.32.